The van der Waals surface area contributed by atoms with Crippen molar-refractivity contribution in [1.29, 1.82) is 0 Å². The van der Waals surface area contributed by atoms with Gasteiger partial charge in [-0.2, -0.15) is 0 Å². The van der Waals surface area contributed by atoms with Crippen LogP contribution in [0.15, 0.2) is 174 Å². The van der Waals surface area contributed by atoms with Crippen LogP contribution in [-0.4, -0.2) is 9.97 Å². The second-order valence-electron chi connectivity index (χ2n) is 14.2. The first kappa shape index (κ1) is 30.3. The summed E-state index contributed by atoms with van der Waals surface area (Å²) in [5.74, 6) is 0.685. The van der Waals surface area contributed by atoms with Crippen LogP contribution >= 0.6 is 0 Å². The van der Waals surface area contributed by atoms with E-state index in [0.717, 1.165) is 61.1 Å². The molecule has 0 N–H and O–H groups in total. The number of hydrogen-bond donors (Lipinski definition) is 0. The number of hydrogen-bond acceptors (Lipinski definition) is 3. The van der Waals surface area contributed by atoms with Crippen LogP contribution in [0.3, 0.4) is 0 Å². The number of para-hydroxylation sites is 2. The lowest BCUT2D eigenvalue weighted by molar-refractivity contribution is 0.660. The van der Waals surface area contributed by atoms with Gasteiger partial charge in [-0.05, 0) is 68.8 Å². The monoisotopic (exact) mass is 666 g/mol. The second kappa shape index (κ2) is 11.8. The third kappa shape index (κ3) is 4.81. The normalized spacial score (nSPS) is 13.0. The largest absolute Gasteiger partial charge is 0.455 e. The van der Waals surface area contributed by atoms with Crippen LogP contribution in [0.25, 0.3) is 89.2 Å². The van der Waals surface area contributed by atoms with E-state index in [1.54, 1.807) is 0 Å². The minimum absolute atomic E-state index is 0.138. The van der Waals surface area contributed by atoms with Gasteiger partial charge in [0.05, 0.1) is 11.4 Å². The average molecular weight is 667 g/mol. The van der Waals surface area contributed by atoms with E-state index in [1.807, 2.05) is 12.1 Å². The van der Waals surface area contributed by atoms with Crippen molar-refractivity contribution in [3.8, 4) is 67.3 Å². The van der Waals surface area contributed by atoms with Crippen LogP contribution in [0.2, 0.25) is 0 Å². The van der Waals surface area contributed by atoms with Gasteiger partial charge in [0, 0.05) is 32.9 Å². The Hall–Kier alpha value is -6.58. The fraction of sp³-hybridized carbons (Fsp3) is 0.0612. The maximum atomic E-state index is 6.53. The molecule has 0 aliphatic heterocycles. The zero-order valence-corrected chi connectivity index (χ0v) is 29.0. The van der Waals surface area contributed by atoms with Crippen LogP contribution in [-0.2, 0) is 5.41 Å². The van der Waals surface area contributed by atoms with Crippen molar-refractivity contribution in [2.75, 3.05) is 0 Å². The van der Waals surface area contributed by atoms with E-state index >= 15 is 0 Å². The molecular formula is C49H34N2O. The molecule has 0 saturated heterocycles. The first-order valence-electron chi connectivity index (χ1n) is 17.8. The Morgan fingerprint density at radius 3 is 1.81 bits per heavy atom. The lowest BCUT2D eigenvalue weighted by atomic mass is 9.82. The molecule has 246 valence electrons. The molecule has 9 aromatic rings. The third-order valence-electron chi connectivity index (χ3n) is 10.8. The topological polar surface area (TPSA) is 38.9 Å². The maximum Gasteiger partial charge on any atom is 0.160 e. The molecule has 0 radical (unpaired) electrons. The highest BCUT2D eigenvalue weighted by Gasteiger charge is 2.35. The highest BCUT2D eigenvalue weighted by molar-refractivity contribution is 6.09. The molecule has 0 saturated carbocycles. The van der Waals surface area contributed by atoms with E-state index in [1.165, 1.54) is 33.4 Å². The molecule has 0 atom stereocenters. The van der Waals surface area contributed by atoms with Crippen LogP contribution in [0.1, 0.15) is 25.0 Å². The number of rotatable bonds is 5. The Morgan fingerprint density at radius 1 is 0.404 bits per heavy atom. The van der Waals surface area contributed by atoms with Crippen LogP contribution in [0.5, 0.6) is 0 Å². The van der Waals surface area contributed by atoms with Crippen LogP contribution < -0.4 is 0 Å². The molecular weight excluding hydrogens is 633 g/mol. The lowest BCUT2D eigenvalue weighted by Crippen LogP contribution is -2.15. The molecule has 0 fully saturated rings. The van der Waals surface area contributed by atoms with Crippen molar-refractivity contribution < 1.29 is 4.42 Å². The summed E-state index contributed by atoms with van der Waals surface area (Å²) in [6.45, 7) is 4.62. The molecule has 0 spiro atoms. The van der Waals surface area contributed by atoms with Crippen molar-refractivity contribution in [3.63, 3.8) is 0 Å². The third-order valence-corrected chi connectivity index (χ3v) is 10.8. The first-order chi connectivity index (χ1) is 25.5. The van der Waals surface area contributed by atoms with Gasteiger partial charge in [0.1, 0.15) is 11.2 Å². The molecule has 10 rings (SSSR count). The van der Waals surface area contributed by atoms with E-state index < -0.39 is 0 Å². The molecule has 3 heteroatoms. The van der Waals surface area contributed by atoms with E-state index in [-0.39, 0.29) is 5.41 Å². The summed E-state index contributed by atoms with van der Waals surface area (Å²) in [6, 6.07) is 60.0. The quantitative estimate of drug-likeness (QED) is 0.183. The molecule has 3 nitrogen and oxygen atoms in total. The molecule has 0 bridgehead atoms. The van der Waals surface area contributed by atoms with Crippen molar-refractivity contribution in [2.45, 2.75) is 19.3 Å². The molecule has 52 heavy (non-hydrogen) atoms. The summed E-state index contributed by atoms with van der Waals surface area (Å²) in [5.41, 5.74) is 16.1. The minimum Gasteiger partial charge on any atom is -0.455 e. The van der Waals surface area contributed by atoms with Crippen LogP contribution in [0.4, 0.5) is 0 Å². The fourth-order valence-corrected chi connectivity index (χ4v) is 8.08. The van der Waals surface area contributed by atoms with Crippen molar-refractivity contribution in [1.82, 2.24) is 9.97 Å². The second-order valence-corrected chi connectivity index (χ2v) is 14.2. The highest BCUT2D eigenvalue weighted by Crippen LogP contribution is 2.49. The summed E-state index contributed by atoms with van der Waals surface area (Å²) in [4.78, 5) is 10.7. The van der Waals surface area contributed by atoms with Gasteiger partial charge in [-0.1, -0.05) is 159 Å². The summed E-state index contributed by atoms with van der Waals surface area (Å²) >= 11 is 0. The van der Waals surface area contributed by atoms with Crippen molar-refractivity contribution in [2.24, 2.45) is 0 Å². The number of fused-ring (bicyclic) bond motifs is 6. The molecule has 0 amide bonds. The van der Waals surface area contributed by atoms with Gasteiger partial charge in [0.15, 0.2) is 5.82 Å². The lowest BCUT2D eigenvalue weighted by Gasteiger charge is -2.22. The van der Waals surface area contributed by atoms with Crippen LogP contribution in [0, 0.1) is 0 Å². The average Bonchev–Trinajstić information content (AvgIpc) is 3.70. The van der Waals surface area contributed by atoms with Gasteiger partial charge in [0.25, 0.3) is 0 Å². The molecule has 0 unspecified atom stereocenters. The summed E-state index contributed by atoms with van der Waals surface area (Å²) in [6.07, 6.45) is 0. The van der Waals surface area contributed by atoms with E-state index in [9.17, 15) is 0 Å². The Balaban J connectivity index is 1.17. The zero-order valence-electron chi connectivity index (χ0n) is 29.0. The number of furan rings is 1. The maximum absolute atomic E-state index is 6.53. The molecule has 2 aromatic heterocycles. The Morgan fingerprint density at radius 2 is 0.981 bits per heavy atom. The zero-order chi connectivity index (χ0) is 34.8. The number of nitrogens with zero attached hydrogens (tertiary/aromatic N) is 2. The fourth-order valence-electron chi connectivity index (χ4n) is 8.08. The Labute approximate surface area is 302 Å². The predicted molar refractivity (Wildman–Crippen MR) is 214 cm³/mol. The predicted octanol–water partition coefficient (Wildman–Crippen LogP) is 13.0. The van der Waals surface area contributed by atoms with Gasteiger partial charge in [-0.25, -0.2) is 9.97 Å². The van der Waals surface area contributed by atoms with Gasteiger partial charge in [0.2, 0.25) is 0 Å². The number of benzene rings is 7. The minimum atomic E-state index is -0.138. The van der Waals surface area contributed by atoms with Crippen molar-refractivity contribution >= 4 is 21.9 Å². The molecule has 1 aliphatic carbocycles. The summed E-state index contributed by atoms with van der Waals surface area (Å²) in [5, 5.41) is 2.17. The number of aromatic nitrogens is 2. The smallest absolute Gasteiger partial charge is 0.160 e. The van der Waals surface area contributed by atoms with E-state index in [2.05, 4.69) is 172 Å². The van der Waals surface area contributed by atoms with E-state index in [4.69, 9.17) is 14.4 Å². The SMILES string of the molecule is CC1(C)c2ccccc2-c2ccc(-c3nc(-c4ccccc4-c4ccc(-c5ccccc5)cc4)cc(-c4cccc5c4oc4ccccc45)n3)cc21. The van der Waals surface area contributed by atoms with Gasteiger partial charge < -0.3 is 4.42 Å². The Kier molecular flexibility index (Phi) is 6.84. The first-order valence-corrected chi connectivity index (χ1v) is 17.8. The standard InChI is InChI=1S/C49H34N2O/c1-49(2)42-21-10-8-16-36(42)37-28-27-34(29-43(37)49)48-50-44(30-45(51-48)41-20-12-19-40-39-18-9-11-22-46(39)52-47(40)41)38-17-7-6-15-35(38)33-25-23-32(24-26-33)31-13-4-3-5-14-31/h3-30H,1-2H3. The molecule has 2 heterocycles. The van der Waals surface area contributed by atoms with Gasteiger partial charge in [-0.3, -0.25) is 0 Å². The summed E-state index contributed by atoms with van der Waals surface area (Å²) < 4.78 is 6.53. The Bertz CT molecular complexity index is 2810. The van der Waals surface area contributed by atoms with Crippen molar-refractivity contribution in [3.05, 3.63) is 181 Å². The van der Waals surface area contributed by atoms with Gasteiger partial charge >= 0.3 is 0 Å². The highest BCUT2D eigenvalue weighted by atomic mass is 16.3. The molecule has 7 aromatic carbocycles. The molecule has 1 aliphatic rings. The van der Waals surface area contributed by atoms with Gasteiger partial charge in [-0.15, -0.1) is 0 Å². The van der Waals surface area contributed by atoms with E-state index in [0.29, 0.717) is 5.82 Å². The summed E-state index contributed by atoms with van der Waals surface area (Å²) in [7, 11) is 0.